The zero-order valence-electron chi connectivity index (χ0n) is 6.93. The normalized spacial score (nSPS) is 10.5. The molecule has 0 saturated heterocycles. The zero-order chi connectivity index (χ0) is 10.1. The van der Waals surface area contributed by atoms with Crippen LogP contribution in [0.5, 0.6) is 0 Å². The molecular formula is C10H5BrF2S. The van der Waals surface area contributed by atoms with Gasteiger partial charge < -0.3 is 0 Å². The third kappa shape index (κ3) is 1.72. The molecule has 0 unspecified atom stereocenters. The van der Waals surface area contributed by atoms with E-state index in [2.05, 4.69) is 15.9 Å². The van der Waals surface area contributed by atoms with Gasteiger partial charge in [0.1, 0.15) is 11.6 Å². The molecule has 0 amide bonds. The summed E-state index contributed by atoms with van der Waals surface area (Å²) in [6, 6.07) is 5.20. The van der Waals surface area contributed by atoms with Crippen molar-refractivity contribution in [2.45, 2.75) is 0 Å². The van der Waals surface area contributed by atoms with Crippen LogP contribution in [0.15, 0.2) is 33.4 Å². The molecule has 0 saturated carbocycles. The van der Waals surface area contributed by atoms with Crippen LogP contribution >= 0.6 is 27.3 Å². The molecule has 2 aromatic rings. The van der Waals surface area contributed by atoms with Gasteiger partial charge in [-0.3, -0.25) is 0 Å². The highest BCUT2D eigenvalue weighted by Gasteiger charge is 2.10. The van der Waals surface area contributed by atoms with Gasteiger partial charge in [-0.25, -0.2) is 8.78 Å². The summed E-state index contributed by atoms with van der Waals surface area (Å²) in [5, 5.41) is 1.82. The largest absolute Gasteiger partial charge is 0.207 e. The molecule has 72 valence electrons. The fourth-order valence-electron chi connectivity index (χ4n) is 1.19. The van der Waals surface area contributed by atoms with E-state index in [-0.39, 0.29) is 5.56 Å². The maximum Gasteiger partial charge on any atom is 0.131 e. The molecule has 0 bridgehead atoms. The van der Waals surface area contributed by atoms with Gasteiger partial charge in [-0.15, -0.1) is 11.3 Å². The highest BCUT2D eigenvalue weighted by atomic mass is 79.9. The van der Waals surface area contributed by atoms with Crippen LogP contribution in [0.2, 0.25) is 0 Å². The summed E-state index contributed by atoms with van der Waals surface area (Å²) in [5.74, 6) is -0.843. The molecule has 1 aromatic carbocycles. The molecule has 2 rings (SSSR count). The van der Waals surface area contributed by atoms with Gasteiger partial charge in [-0.1, -0.05) is 0 Å². The van der Waals surface area contributed by atoms with Gasteiger partial charge in [0.15, 0.2) is 0 Å². The molecule has 1 heterocycles. The SMILES string of the molecule is Fc1ccc(F)c(-c2ccsc2Br)c1. The van der Waals surface area contributed by atoms with E-state index < -0.39 is 11.6 Å². The molecule has 0 N–H and O–H groups in total. The number of halogens is 3. The third-order valence-corrected chi connectivity index (χ3v) is 3.52. The Kier molecular flexibility index (Phi) is 2.65. The minimum Gasteiger partial charge on any atom is -0.207 e. The Morgan fingerprint density at radius 2 is 1.86 bits per heavy atom. The number of thiophene rings is 1. The maximum absolute atomic E-state index is 13.3. The topological polar surface area (TPSA) is 0 Å². The number of rotatable bonds is 1. The predicted molar refractivity (Wildman–Crippen MR) is 57.4 cm³/mol. The Hall–Kier alpha value is -0.740. The molecule has 0 aliphatic carbocycles. The second-order valence-corrected chi connectivity index (χ2v) is 4.97. The second-order valence-electron chi connectivity index (χ2n) is 2.73. The average Bonchev–Trinajstić information content (AvgIpc) is 2.56. The molecule has 0 nitrogen and oxygen atoms in total. The first-order valence-corrected chi connectivity index (χ1v) is 5.54. The van der Waals surface area contributed by atoms with E-state index in [1.165, 1.54) is 17.4 Å². The predicted octanol–water partition coefficient (Wildman–Crippen LogP) is 4.46. The molecule has 4 heteroatoms. The summed E-state index contributed by atoms with van der Waals surface area (Å²) in [6.45, 7) is 0. The van der Waals surface area contributed by atoms with Gasteiger partial charge in [-0.05, 0) is 45.6 Å². The molecule has 0 aliphatic heterocycles. The fourth-order valence-corrected chi connectivity index (χ4v) is 2.49. The maximum atomic E-state index is 13.3. The molecule has 1 aromatic heterocycles. The van der Waals surface area contributed by atoms with Gasteiger partial charge in [-0.2, -0.15) is 0 Å². The first kappa shape index (κ1) is 9.80. The zero-order valence-corrected chi connectivity index (χ0v) is 9.33. The van der Waals surface area contributed by atoms with Crippen LogP contribution in [0.4, 0.5) is 8.78 Å². The quantitative estimate of drug-likeness (QED) is 0.721. The van der Waals surface area contributed by atoms with Gasteiger partial charge in [0.05, 0.1) is 3.79 Å². The molecule has 0 atom stereocenters. The number of hydrogen-bond acceptors (Lipinski definition) is 1. The van der Waals surface area contributed by atoms with Gasteiger partial charge in [0.2, 0.25) is 0 Å². The Bertz CT molecular complexity index is 465. The van der Waals surface area contributed by atoms with E-state index in [1.54, 1.807) is 6.07 Å². The Morgan fingerprint density at radius 3 is 2.50 bits per heavy atom. The lowest BCUT2D eigenvalue weighted by Gasteiger charge is -2.01. The number of hydrogen-bond donors (Lipinski definition) is 0. The van der Waals surface area contributed by atoms with Crippen molar-refractivity contribution >= 4 is 27.3 Å². The van der Waals surface area contributed by atoms with Crippen LogP contribution in [-0.2, 0) is 0 Å². The summed E-state index contributed by atoms with van der Waals surface area (Å²) in [5.41, 5.74) is 0.977. The van der Waals surface area contributed by atoms with E-state index in [0.29, 0.717) is 5.56 Å². The van der Waals surface area contributed by atoms with E-state index in [4.69, 9.17) is 0 Å². The summed E-state index contributed by atoms with van der Waals surface area (Å²) >= 11 is 4.73. The van der Waals surface area contributed by atoms with E-state index >= 15 is 0 Å². The van der Waals surface area contributed by atoms with Crippen LogP contribution in [0.3, 0.4) is 0 Å². The van der Waals surface area contributed by atoms with E-state index in [0.717, 1.165) is 15.9 Å². The molecule has 0 aliphatic rings. The van der Waals surface area contributed by atoms with Crippen LogP contribution in [0.25, 0.3) is 11.1 Å². The highest BCUT2D eigenvalue weighted by molar-refractivity contribution is 9.11. The lowest BCUT2D eigenvalue weighted by molar-refractivity contribution is 0.603. The van der Waals surface area contributed by atoms with Crippen molar-refractivity contribution in [1.82, 2.24) is 0 Å². The molecule has 0 radical (unpaired) electrons. The van der Waals surface area contributed by atoms with Crippen LogP contribution in [0, 0.1) is 11.6 Å². The molecule has 0 spiro atoms. The smallest absolute Gasteiger partial charge is 0.131 e. The summed E-state index contributed by atoms with van der Waals surface area (Å²) in [7, 11) is 0. The molecule has 14 heavy (non-hydrogen) atoms. The van der Waals surface area contributed by atoms with Crippen LogP contribution in [0.1, 0.15) is 0 Å². The van der Waals surface area contributed by atoms with Crippen LogP contribution < -0.4 is 0 Å². The number of benzene rings is 1. The fraction of sp³-hybridized carbons (Fsp3) is 0. The van der Waals surface area contributed by atoms with Crippen molar-refractivity contribution in [3.63, 3.8) is 0 Å². The summed E-state index contributed by atoms with van der Waals surface area (Å²) < 4.78 is 27.0. The van der Waals surface area contributed by atoms with Crippen LogP contribution in [-0.4, -0.2) is 0 Å². The van der Waals surface area contributed by atoms with Crippen molar-refractivity contribution in [1.29, 1.82) is 0 Å². The van der Waals surface area contributed by atoms with E-state index in [9.17, 15) is 8.78 Å². The Balaban J connectivity index is 2.62. The second kappa shape index (κ2) is 3.79. The van der Waals surface area contributed by atoms with Gasteiger partial charge in [0.25, 0.3) is 0 Å². The standard InChI is InChI=1S/C10H5BrF2S/c11-10-7(3-4-14-10)8-5-6(12)1-2-9(8)13/h1-5H. The van der Waals surface area contributed by atoms with Crippen molar-refractivity contribution in [2.24, 2.45) is 0 Å². The summed E-state index contributed by atoms with van der Waals surface area (Å²) in [4.78, 5) is 0. The minimum absolute atomic E-state index is 0.290. The van der Waals surface area contributed by atoms with Crippen molar-refractivity contribution in [3.05, 3.63) is 45.1 Å². The highest BCUT2D eigenvalue weighted by Crippen LogP contribution is 2.34. The lowest BCUT2D eigenvalue weighted by atomic mass is 10.1. The Labute approximate surface area is 92.3 Å². The van der Waals surface area contributed by atoms with Crippen molar-refractivity contribution < 1.29 is 8.78 Å². The first-order valence-electron chi connectivity index (χ1n) is 3.87. The van der Waals surface area contributed by atoms with Crippen molar-refractivity contribution in [2.75, 3.05) is 0 Å². The third-order valence-electron chi connectivity index (χ3n) is 1.84. The average molecular weight is 275 g/mol. The van der Waals surface area contributed by atoms with Crippen molar-refractivity contribution in [3.8, 4) is 11.1 Å². The summed E-state index contributed by atoms with van der Waals surface area (Å²) in [6.07, 6.45) is 0. The lowest BCUT2D eigenvalue weighted by Crippen LogP contribution is -1.84. The molecule has 0 fully saturated rings. The molecular weight excluding hydrogens is 270 g/mol. The van der Waals surface area contributed by atoms with E-state index in [1.807, 2.05) is 5.38 Å². The monoisotopic (exact) mass is 274 g/mol. The first-order chi connectivity index (χ1) is 6.68. The van der Waals surface area contributed by atoms with Gasteiger partial charge in [0, 0.05) is 11.1 Å². The minimum atomic E-state index is -0.431. The van der Waals surface area contributed by atoms with Gasteiger partial charge >= 0.3 is 0 Å². The Morgan fingerprint density at radius 1 is 1.07 bits per heavy atom.